The molecule has 0 radical (unpaired) electrons. The highest BCUT2D eigenvalue weighted by Crippen LogP contribution is 2.36. The van der Waals surface area contributed by atoms with Gasteiger partial charge in [0, 0.05) is 13.1 Å². The van der Waals surface area contributed by atoms with E-state index in [2.05, 4.69) is 0 Å². The predicted molar refractivity (Wildman–Crippen MR) is 105 cm³/mol. The van der Waals surface area contributed by atoms with E-state index in [0.717, 1.165) is 5.56 Å². The van der Waals surface area contributed by atoms with Crippen molar-refractivity contribution in [1.29, 1.82) is 0 Å². The molecule has 0 aliphatic carbocycles. The monoisotopic (exact) mass is 437 g/mol. The lowest BCUT2D eigenvalue weighted by Gasteiger charge is -2.33. The molecule has 0 spiro atoms. The molecule has 0 heterocycles. The Morgan fingerprint density at radius 3 is 1.87 bits per heavy atom. The highest BCUT2D eigenvalue weighted by molar-refractivity contribution is 5.38. The van der Waals surface area contributed by atoms with E-state index < -0.39 is 47.3 Å². The zero-order valence-corrected chi connectivity index (χ0v) is 16.6. The molecule has 0 aliphatic rings. The van der Waals surface area contributed by atoms with Gasteiger partial charge in [0.2, 0.25) is 5.82 Å². The van der Waals surface area contributed by atoms with Crippen molar-refractivity contribution >= 4 is 0 Å². The summed E-state index contributed by atoms with van der Waals surface area (Å²) in [4.78, 5) is 1.45. The lowest BCUT2D eigenvalue weighted by Crippen LogP contribution is -2.33. The van der Waals surface area contributed by atoms with Crippen LogP contribution in [-0.4, -0.2) is 30.3 Å². The lowest BCUT2D eigenvalue weighted by molar-refractivity contribution is 0.155. The second-order valence-corrected chi connectivity index (χ2v) is 6.84. The number of hydrogen-bond donors (Lipinski definition) is 1. The number of halogens is 5. The summed E-state index contributed by atoms with van der Waals surface area (Å²) in [7, 11) is 1.43. The topological polar surface area (TPSA) is 32.7 Å². The number of methoxy groups -OCH3 is 1. The lowest BCUT2D eigenvalue weighted by atomic mass is 9.94. The van der Waals surface area contributed by atoms with Crippen molar-refractivity contribution in [1.82, 2.24) is 4.90 Å². The van der Waals surface area contributed by atoms with Crippen LogP contribution < -0.4 is 4.74 Å². The average Bonchev–Trinajstić information content (AvgIpc) is 2.80. The van der Waals surface area contributed by atoms with Crippen LogP contribution in [0.4, 0.5) is 22.0 Å². The predicted octanol–water partition coefficient (Wildman–Crippen LogP) is 4.97. The molecule has 0 aliphatic heterocycles. The molecule has 0 saturated heterocycles. The van der Waals surface area contributed by atoms with Crippen molar-refractivity contribution in [3.05, 3.63) is 100 Å². The van der Waals surface area contributed by atoms with Crippen molar-refractivity contribution < 1.29 is 31.8 Å². The van der Waals surface area contributed by atoms with Crippen LogP contribution in [0.15, 0.2) is 54.6 Å². The van der Waals surface area contributed by atoms with Gasteiger partial charge in [0.25, 0.3) is 0 Å². The summed E-state index contributed by atoms with van der Waals surface area (Å²) >= 11 is 0. The number of nitrogens with zero attached hydrogens (tertiary/aromatic N) is 1. The zero-order valence-electron chi connectivity index (χ0n) is 16.6. The number of hydrogen-bond acceptors (Lipinski definition) is 3. The second kappa shape index (κ2) is 9.89. The Bertz CT molecular complexity index is 999. The van der Waals surface area contributed by atoms with Gasteiger partial charge in [-0.1, -0.05) is 42.5 Å². The summed E-state index contributed by atoms with van der Waals surface area (Å²) in [5, 5.41) is 9.57. The largest absolute Gasteiger partial charge is 0.497 e. The fourth-order valence-electron chi connectivity index (χ4n) is 3.45. The number of rotatable bonds is 8. The first-order valence-electron chi connectivity index (χ1n) is 9.43. The van der Waals surface area contributed by atoms with Crippen molar-refractivity contribution in [2.45, 2.75) is 12.6 Å². The first kappa shape index (κ1) is 22.7. The van der Waals surface area contributed by atoms with Crippen LogP contribution in [0.3, 0.4) is 0 Å². The molecular weight excluding hydrogens is 417 g/mol. The maximum absolute atomic E-state index is 14.8. The van der Waals surface area contributed by atoms with Crippen molar-refractivity contribution in [2.24, 2.45) is 0 Å². The summed E-state index contributed by atoms with van der Waals surface area (Å²) in [6.45, 7) is -0.377. The van der Waals surface area contributed by atoms with Gasteiger partial charge >= 0.3 is 0 Å². The Morgan fingerprint density at radius 2 is 1.35 bits per heavy atom. The van der Waals surface area contributed by atoms with Crippen molar-refractivity contribution in [3.63, 3.8) is 0 Å². The maximum Gasteiger partial charge on any atom is 0.200 e. The van der Waals surface area contributed by atoms with E-state index in [0.29, 0.717) is 5.75 Å². The minimum atomic E-state index is -2.22. The maximum atomic E-state index is 14.8. The van der Waals surface area contributed by atoms with Gasteiger partial charge in [0.15, 0.2) is 23.3 Å². The van der Waals surface area contributed by atoms with Gasteiger partial charge in [-0.2, -0.15) is 0 Å². The molecule has 3 aromatic carbocycles. The number of ether oxygens (including phenoxy) is 1. The molecule has 3 aromatic rings. The Kier molecular flexibility index (Phi) is 7.25. The quantitative estimate of drug-likeness (QED) is 0.307. The molecule has 3 nitrogen and oxygen atoms in total. The van der Waals surface area contributed by atoms with Crippen LogP contribution in [0.25, 0.3) is 0 Å². The van der Waals surface area contributed by atoms with Crippen molar-refractivity contribution in [2.75, 3.05) is 20.3 Å². The first-order valence-corrected chi connectivity index (χ1v) is 9.43. The van der Waals surface area contributed by atoms with E-state index in [9.17, 15) is 27.1 Å². The Labute approximate surface area is 176 Å². The number of aliphatic hydroxyl groups excluding tert-OH is 1. The molecule has 1 atom stereocenters. The van der Waals surface area contributed by atoms with Crippen LogP contribution in [0.1, 0.15) is 22.7 Å². The summed E-state index contributed by atoms with van der Waals surface area (Å²) in [6, 6.07) is 13.5. The molecule has 0 saturated carbocycles. The van der Waals surface area contributed by atoms with E-state index in [4.69, 9.17) is 4.74 Å². The van der Waals surface area contributed by atoms with E-state index in [1.807, 2.05) is 0 Å². The average molecular weight is 437 g/mol. The molecular formula is C23H20F5NO2. The molecule has 3 rings (SSSR count). The summed E-state index contributed by atoms with van der Waals surface area (Å²) in [6.07, 6.45) is 0. The number of aliphatic hydroxyl groups is 1. The van der Waals surface area contributed by atoms with E-state index >= 15 is 0 Å². The highest BCUT2D eigenvalue weighted by atomic mass is 19.2. The Morgan fingerprint density at radius 1 is 0.806 bits per heavy atom. The minimum Gasteiger partial charge on any atom is -0.497 e. The van der Waals surface area contributed by atoms with Gasteiger partial charge in [-0.15, -0.1) is 0 Å². The molecule has 164 valence electrons. The SMILES string of the molecule is COc1ccc([C@H](c2c(F)c(F)c(F)c(F)c2F)N(CCO)Cc2ccccc2)cc1. The fraction of sp³-hybridized carbons (Fsp3) is 0.217. The van der Waals surface area contributed by atoms with Gasteiger partial charge in [-0.3, -0.25) is 4.90 Å². The normalized spacial score (nSPS) is 12.3. The smallest absolute Gasteiger partial charge is 0.200 e. The van der Waals surface area contributed by atoms with Gasteiger partial charge < -0.3 is 9.84 Å². The van der Waals surface area contributed by atoms with Gasteiger partial charge in [0.1, 0.15) is 5.75 Å². The third-order valence-electron chi connectivity index (χ3n) is 4.93. The second-order valence-electron chi connectivity index (χ2n) is 6.84. The Balaban J connectivity index is 2.21. The van der Waals surface area contributed by atoms with Crippen LogP contribution in [-0.2, 0) is 6.54 Å². The molecule has 0 aromatic heterocycles. The molecule has 0 bridgehead atoms. The highest BCUT2D eigenvalue weighted by Gasteiger charge is 2.34. The van der Waals surface area contributed by atoms with Crippen LogP contribution in [0, 0.1) is 29.1 Å². The third-order valence-corrected chi connectivity index (χ3v) is 4.93. The Hall–Kier alpha value is -2.97. The zero-order chi connectivity index (χ0) is 22.5. The van der Waals surface area contributed by atoms with E-state index in [-0.39, 0.29) is 18.7 Å². The molecule has 0 fully saturated rings. The van der Waals surface area contributed by atoms with Crippen molar-refractivity contribution in [3.8, 4) is 5.75 Å². The van der Waals surface area contributed by atoms with Crippen LogP contribution >= 0.6 is 0 Å². The van der Waals surface area contributed by atoms with Gasteiger partial charge in [0.05, 0.1) is 25.3 Å². The third kappa shape index (κ3) is 4.70. The van der Waals surface area contributed by atoms with Gasteiger partial charge in [-0.25, -0.2) is 22.0 Å². The minimum absolute atomic E-state index is 0.0783. The fourth-order valence-corrected chi connectivity index (χ4v) is 3.45. The first-order chi connectivity index (χ1) is 14.9. The summed E-state index contributed by atoms with van der Waals surface area (Å²) in [5.41, 5.74) is 0.0256. The number of benzene rings is 3. The van der Waals surface area contributed by atoms with E-state index in [1.165, 1.54) is 36.3 Å². The van der Waals surface area contributed by atoms with Crippen LogP contribution in [0.5, 0.6) is 5.75 Å². The molecule has 0 amide bonds. The molecule has 8 heteroatoms. The molecule has 1 N–H and O–H groups in total. The van der Waals surface area contributed by atoms with Crippen LogP contribution in [0.2, 0.25) is 0 Å². The summed E-state index contributed by atoms with van der Waals surface area (Å²) < 4.78 is 76.4. The standard InChI is InChI=1S/C23H20F5NO2/c1-31-16-9-7-15(8-10-16)23(17-18(24)20(26)22(28)21(27)19(17)25)29(11-12-30)13-14-5-3-2-4-6-14/h2-10,23,30H,11-13H2,1H3/t23-/m1/s1. The summed E-state index contributed by atoms with van der Waals surface area (Å²) in [5.74, 6) is -9.62. The molecule has 0 unspecified atom stereocenters. The molecule has 31 heavy (non-hydrogen) atoms. The van der Waals surface area contributed by atoms with E-state index in [1.54, 1.807) is 30.3 Å². The van der Waals surface area contributed by atoms with Gasteiger partial charge in [-0.05, 0) is 23.3 Å².